The first-order chi connectivity index (χ1) is 9.18. The van der Waals surface area contributed by atoms with Crippen LogP contribution in [-0.4, -0.2) is 30.8 Å². The van der Waals surface area contributed by atoms with Crippen molar-refractivity contribution >= 4 is 28.5 Å². The van der Waals surface area contributed by atoms with Crippen molar-refractivity contribution in [2.45, 2.75) is 4.90 Å². The van der Waals surface area contributed by atoms with E-state index in [2.05, 4.69) is 0 Å². The van der Waals surface area contributed by atoms with Gasteiger partial charge in [0.25, 0.3) is 0 Å². The summed E-state index contributed by atoms with van der Waals surface area (Å²) >= 11 is -4.87. The molecule has 0 amide bonds. The SMILES string of the molecule is N.NS(=O)(=O)c1ccc(-c2ccc([As](=O)(O)O)cc2)cc1. The van der Waals surface area contributed by atoms with Gasteiger partial charge in [-0.05, 0) is 0 Å². The van der Waals surface area contributed by atoms with E-state index >= 15 is 0 Å². The quantitative estimate of drug-likeness (QED) is 0.542. The Bertz CT molecular complexity index is 766. The van der Waals surface area contributed by atoms with Crippen molar-refractivity contribution in [3.63, 3.8) is 0 Å². The number of benzene rings is 2. The number of rotatable bonds is 3. The molecule has 0 aromatic heterocycles. The van der Waals surface area contributed by atoms with Gasteiger partial charge in [-0.2, -0.15) is 0 Å². The van der Waals surface area contributed by atoms with Crippen molar-refractivity contribution < 1.29 is 20.3 Å². The number of hydrogen-bond acceptors (Lipinski definition) is 4. The Morgan fingerprint density at radius 1 is 0.857 bits per heavy atom. The van der Waals surface area contributed by atoms with Gasteiger partial charge in [-0.3, -0.25) is 0 Å². The molecule has 0 saturated carbocycles. The maximum absolute atomic E-state index is 11.1. The molecule has 7 nitrogen and oxygen atoms in total. The molecule has 114 valence electrons. The molecule has 2 rings (SSSR count). The van der Waals surface area contributed by atoms with Crippen molar-refractivity contribution in [3.05, 3.63) is 48.5 Å². The van der Waals surface area contributed by atoms with Crippen LogP contribution in [0.3, 0.4) is 0 Å². The Kier molecular flexibility index (Phi) is 5.16. The monoisotopic (exact) mass is 374 g/mol. The van der Waals surface area contributed by atoms with Crippen LogP contribution in [0, 0.1) is 0 Å². The van der Waals surface area contributed by atoms with Crippen LogP contribution in [0.25, 0.3) is 11.1 Å². The number of sulfonamides is 1. The fraction of sp³-hybridized carbons (Fsp3) is 0. The Hall–Kier alpha value is -1.41. The normalized spacial score (nSPS) is 11.8. The first-order valence-electron chi connectivity index (χ1n) is 5.47. The van der Waals surface area contributed by atoms with E-state index in [1.54, 1.807) is 24.3 Å². The molecule has 0 radical (unpaired) electrons. The molecule has 0 saturated heterocycles. The van der Waals surface area contributed by atoms with Crippen LogP contribution >= 0.6 is 0 Å². The topological polar surface area (TPSA) is 153 Å². The minimum absolute atomic E-state index is 0. The molecular weight excluding hydrogens is 359 g/mol. The van der Waals surface area contributed by atoms with Crippen LogP contribution < -0.4 is 15.6 Å². The third-order valence-corrected chi connectivity index (χ3v) is 5.69. The Morgan fingerprint density at radius 2 is 1.24 bits per heavy atom. The zero-order valence-corrected chi connectivity index (χ0v) is 13.6. The van der Waals surface area contributed by atoms with Gasteiger partial charge in [-0.1, -0.05) is 0 Å². The predicted molar refractivity (Wildman–Crippen MR) is 78.8 cm³/mol. The van der Waals surface area contributed by atoms with Gasteiger partial charge in [0, 0.05) is 0 Å². The molecule has 0 fully saturated rings. The third-order valence-electron chi connectivity index (χ3n) is 2.72. The Balaban J connectivity index is 0.00000220. The van der Waals surface area contributed by atoms with Gasteiger partial charge in [0.05, 0.1) is 0 Å². The minimum atomic E-state index is -4.87. The first-order valence-corrected chi connectivity index (χ1v) is 10.4. The van der Waals surface area contributed by atoms with E-state index in [1.165, 1.54) is 24.3 Å². The fourth-order valence-electron chi connectivity index (χ4n) is 1.69. The van der Waals surface area contributed by atoms with Gasteiger partial charge in [-0.25, -0.2) is 0 Å². The summed E-state index contributed by atoms with van der Waals surface area (Å²) in [6.07, 6.45) is 0. The molecule has 0 atom stereocenters. The molecule has 21 heavy (non-hydrogen) atoms. The Labute approximate surface area is 125 Å². The average molecular weight is 374 g/mol. The van der Waals surface area contributed by atoms with Crippen molar-refractivity contribution in [1.29, 1.82) is 0 Å². The third kappa shape index (κ3) is 4.28. The second kappa shape index (κ2) is 6.15. The van der Waals surface area contributed by atoms with Gasteiger partial charge in [0.2, 0.25) is 0 Å². The van der Waals surface area contributed by atoms with Crippen LogP contribution in [0.4, 0.5) is 0 Å². The van der Waals surface area contributed by atoms with Crippen LogP contribution in [0.1, 0.15) is 0 Å². The summed E-state index contributed by atoms with van der Waals surface area (Å²) < 4.78 is 51.5. The van der Waals surface area contributed by atoms with E-state index in [9.17, 15) is 12.2 Å². The van der Waals surface area contributed by atoms with E-state index in [-0.39, 0.29) is 15.4 Å². The molecule has 0 aliphatic carbocycles. The fourth-order valence-corrected chi connectivity index (χ4v) is 3.33. The van der Waals surface area contributed by atoms with E-state index in [4.69, 9.17) is 13.3 Å². The molecule has 0 unspecified atom stereocenters. The summed E-state index contributed by atoms with van der Waals surface area (Å²) in [5.41, 5.74) is 1.45. The van der Waals surface area contributed by atoms with Crippen molar-refractivity contribution in [2.75, 3.05) is 0 Å². The van der Waals surface area contributed by atoms with Crippen LogP contribution in [0.5, 0.6) is 0 Å². The summed E-state index contributed by atoms with van der Waals surface area (Å²) in [4.78, 5) is 0.0105. The second-order valence-electron chi connectivity index (χ2n) is 4.16. The molecule has 0 aliphatic heterocycles. The van der Waals surface area contributed by atoms with Crippen molar-refractivity contribution in [1.82, 2.24) is 6.15 Å². The van der Waals surface area contributed by atoms with E-state index < -0.39 is 24.2 Å². The predicted octanol–water partition coefficient (Wildman–Crippen LogP) is -0.276. The van der Waals surface area contributed by atoms with Crippen LogP contribution in [0.15, 0.2) is 53.4 Å². The molecule has 0 bridgehead atoms. The zero-order valence-electron chi connectivity index (χ0n) is 10.9. The molecule has 0 spiro atoms. The van der Waals surface area contributed by atoms with Gasteiger partial charge in [-0.15, -0.1) is 0 Å². The maximum atomic E-state index is 11.1. The van der Waals surface area contributed by atoms with Gasteiger partial charge >= 0.3 is 119 Å². The average Bonchev–Trinajstić information content (AvgIpc) is 2.37. The van der Waals surface area contributed by atoms with Crippen molar-refractivity contribution in [3.8, 4) is 11.1 Å². The summed E-state index contributed by atoms with van der Waals surface area (Å²) in [6.45, 7) is 0. The molecule has 2 aromatic rings. The molecule has 0 aliphatic rings. The molecule has 7 N–H and O–H groups in total. The Morgan fingerprint density at radius 3 is 1.57 bits per heavy atom. The molecular formula is C12H15AsN2O5S. The molecule has 2 aromatic carbocycles. The van der Waals surface area contributed by atoms with Crippen LogP contribution in [0.2, 0.25) is 0 Å². The number of hydrogen-bond donors (Lipinski definition) is 4. The van der Waals surface area contributed by atoms with Gasteiger partial charge in [0.1, 0.15) is 0 Å². The molecule has 9 heteroatoms. The standard InChI is InChI=1S/C12H12AsNO5S.H3N/c14-20(18,19)12-7-3-10(4-8-12)9-1-5-11(6-2-9)13(15,16)17;/h1-8H,(H2,14,18,19)(H2,15,16,17);1H3. The van der Waals surface area contributed by atoms with Crippen LogP contribution in [-0.2, 0) is 13.8 Å². The summed E-state index contributed by atoms with van der Waals surface area (Å²) in [6, 6.07) is 11.8. The number of primary sulfonamides is 1. The number of nitrogens with two attached hydrogens (primary N) is 1. The van der Waals surface area contributed by atoms with E-state index in [0.29, 0.717) is 0 Å². The molecule has 0 heterocycles. The van der Waals surface area contributed by atoms with Gasteiger partial charge < -0.3 is 6.15 Å². The summed E-state index contributed by atoms with van der Waals surface area (Å²) in [7, 11) is -3.73. The summed E-state index contributed by atoms with van der Waals surface area (Å²) in [5, 5.41) is 5.00. The van der Waals surface area contributed by atoms with E-state index in [1.807, 2.05) is 0 Å². The van der Waals surface area contributed by atoms with Crippen molar-refractivity contribution in [2.24, 2.45) is 5.14 Å². The zero-order chi connectivity index (χ0) is 15.0. The summed E-state index contributed by atoms with van der Waals surface area (Å²) in [5.74, 6) is 0. The second-order valence-corrected chi connectivity index (χ2v) is 9.09. The van der Waals surface area contributed by atoms with E-state index in [0.717, 1.165) is 11.1 Å². The van der Waals surface area contributed by atoms with Gasteiger partial charge in [0.15, 0.2) is 0 Å². The first kappa shape index (κ1) is 17.6.